The van der Waals surface area contributed by atoms with E-state index in [1.165, 1.54) is 40.2 Å². The molecule has 0 bridgehead atoms. The number of benzene rings is 2. The number of nitrogens with zero attached hydrogens (tertiary/aromatic N) is 1. The van der Waals surface area contributed by atoms with Crippen LogP contribution in [0.3, 0.4) is 0 Å². The Kier molecular flexibility index (Phi) is 3.23. The van der Waals surface area contributed by atoms with Crippen molar-refractivity contribution in [3.63, 3.8) is 0 Å². The van der Waals surface area contributed by atoms with Crippen LogP contribution in [0.4, 0.5) is 8.78 Å². The zero-order chi connectivity index (χ0) is 16.0. The van der Waals surface area contributed by atoms with Crippen molar-refractivity contribution in [2.45, 2.75) is 6.54 Å². The van der Waals surface area contributed by atoms with Gasteiger partial charge in [0.2, 0.25) is 0 Å². The lowest BCUT2D eigenvalue weighted by Crippen LogP contribution is -2.21. The number of hydrogen-bond acceptors (Lipinski definition) is 2. The molecule has 0 spiro atoms. The van der Waals surface area contributed by atoms with E-state index < -0.39 is 11.6 Å². The van der Waals surface area contributed by atoms with Crippen molar-refractivity contribution in [3.8, 4) is 0 Å². The van der Waals surface area contributed by atoms with Crippen molar-refractivity contribution < 1.29 is 8.78 Å². The van der Waals surface area contributed by atoms with Crippen molar-refractivity contribution in [2.75, 3.05) is 0 Å². The topological polar surface area (TPSA) is 22.0 Å². The molecule has 0 amide bonds. The summed E-state index contributed by atoms with van der Waals surface area (Å²) in [5, 5.41) is 3.59. The third kappa shape index (κ3) is 2.33. The highest BCUT2D eigenvalue weighted by Gasteiger charge is 2.13. The summed E-state index contributed by atoms with van der Waals surface area (Å²) in [4.78, 5) is 13.8. The van der Waals surface area contributed by atoms with E-state index in [4.69, 9.17) is 0 Å². The third-order valence-corrected chi connectivity index (χ3v) is 4.75. The highest BCUT2D eigenvalue weighted by molar-refractivity contribution is 7.09. The van der Waals surface area contributed by atoms with E-state index in [0.717, 1.165) is 10.3 Å². The lowest BCUT2D eigenvalue weighted by Gasteiger charge is -2.12. The van der Waals surface area contributed by atoms with Crippen LogP contribution in [-0.4, -0.2) is 4.57 Å². The molecule has 0 saturated carbocycles. The van der Waals surface area contributed by atoms with Gasteiger partial charge < -0.3 is 4.57 Å². The predicted octanol–water partition coefficient (Wildman–Crippen LogP) is 4.54. The largest absolute Gasteiger partial charge is 0.302 e. The van der Waals surface area contributed by atoms with Crippen LogP contribution in [0.2, 0.25) is 0 Å². The van der Waals surface area contributed by atoms with Crippen LogP contribution in [0.5, 0.6) is 0 Å². The van der Waals surface area contributed by atoms with E-state index in [-0.39, 0.29) is 5.56 Å². The summed E-state index contributed by atoms with van der Waals surface area (Å²) >= 11 is 1.52. The average Bonchev–Trinajstić information content (AvgIpc) is 3.04. The van der Waals surface area contributed by atoms with Crippen LogP contribution in [0.25, 0.3) is 21.7 Å². The van der Waals surface area contributed by atoms with E-state index >= 15 is 0 Å². The maximum atomic E-state index is 13.7. The highest BCUT2D eigenvalue weighted by atomic mass is 32.1. The van der Waals surface area contributed by atoms with Crippen LogP contribution in [0.15, 0.2) is 58.7 Å². The van der Waals surface area contributed by atoms with Crippen LogP contribution in [0, 0.1) is 11.6 Å². The van der Waals surface area contributed by atoms with Gasteiger partial charge in [-0.25, -0.2) is 8.78 Å². The summed E-state index contributed by atoms with van der Waals surface area (Å²) in [5.41, 5.74) is 0.202. The van der Waals surface area contributed by atoms with E-state index in [2.05, 4.69) is 0 Å². The predicted molar refractivity (Wildman–Crippen MR) is 89.1 cm³/mol. The number of halogens is 2. The fourth-order valence-electron chi connectivity index (χ4n) is 2.85. The SMILES string of the molecule is O=c1c2cc(F)ccc2c2ccc(F)cc2n1Cc1cccs1. The van der Waals surface area contributed by atoms with Crippen molar-refractivity contribution in [3.05, 3.63) is 80.8 Å². The average molecular weight is 327 g/mol. The Hall–Kier alpha value is -2.53. The monoisotopic (exact) mass is 327 g/mol. The van der Waals surface area contributed by atoms with Gasteiger partial charge in [0.05, 0.1) is 17.4 Å². The Morgan fingerprint density at radius 3 is 2.39 bits per heavy atom. The molecule has 114 valence electrons. The third-order valence-electron chi connectivity index (χ3n) is 3.89. The summed E-state index contributed by atoms with van der Waals surface area (Å²) in [6, 6.07) is 12.3. The number of hydrogen-bond donors (Lipinski definition) is 0. The van der Waals surface area contributed by atoms with Gasteiger partial charge in [0.15, 0.2) is 0 Å². The molecule has 0 saturated heterocycles. The summed E-state index contributed by atoms with van der Waals surface area (Å²) in [6.07, 6.45) is 0. The number of fused-ring (bicyclic) bond motifs is 3. The molecule has 0 aliphatic heterocycles. The Morgan fingerprint density at radius 2 is 1.65 bits per heavy atom. The number of aromatic nitrogens is 1. The van der Waals surface area contributed by atoms with Gasteiger partial charge >= 0.3 is 0 Å². The summed E-state index contributed by atoms with van der Waals surface area (Å²) in [7, 11) is 0. The van der Waals surface area contributed by atoms with Crippen LogP contribution >= 0.6 is 11.3 Å². The van der Waals surface area contributed by atoms with Gasteiger partial charge in [-0.3, -0.25) is 4.79 Å². The van der Waals surface area contributed by atoms with Gasteiger partial charge in [0.1, 0.15) is 11.6 Å². The molecule has 4 aromatic rings. The minimum atomic E-state index is -0.460. The second-order valence-corrected chi connectivity index (χ2v) is 6.35. The quantitative estimate of drug-likeness (QED) is 0.495. The Labute approximate surface area is 134 Å². The molecule has 0 N–H and O–H groups in total. The molecule has 5 heteroatoms. The number of rotatable bonds is 2. The Bertz CT molecular complexity index is 1080. The van der Waals surface area contributed by atoms with Gasteiger partial charge in [-0.15, -0.1) is 11.3 Å². The minimum absolute atomic E-state index is 0.306. The van der Waals surface area contributed by atoms with Gasteiger partial charge in [-0.05, 0) is 47.2 Å². The first-order valence-corrected chi connectivity index (χ1v) is 7.95. The maximum absolute atomic E-state index is 13.7. The van der Waals surface area contributed by atoms with Crippen molar-refractivity contribution in [2.24, 2.45) is 0 Å². The molecular formula is C18H11F2NOS. The first-order chi connectivity index (χ1) is 11.1. The van der Waals surface area contributed by atoms with Gasteiger partial charge in [0.25, 0.3) is 5.56 Å². The molecule has 0 unspecified atom stereocenters. The van der Waals surface area contributed by atoms with Crippen molar-refractivity contribution in [1.29, 1.82) is 0 Å². The van der Waals surface area contributed by atoms with E-state index in [1.54, 1.807) is 12.1 Å². The highest BCUT2D eigenvalue weighted by Crippen LogP contribution is 2.25. The maximum Gasteiger partial charge on any atom is 0.259 e. The molecule has 2 heterocycles. The normalized spacial score (nSPS) is 11.4. The standard InChI is InChI=1S/C18H11F2NOS/c19-11-3-5-14-15-6-4-12(20)9-17(15)21(18(22)16(14)8-11)10-13-2-1-7-23-13/h1-9H,10H2. The Morgan fingerprint density at radius 1 is 0.913 bits per heavy atom. The van der Waals surface area contributed by atoms with E-state index in [0.29, 0.717) is 22.8 Å². The fourth-order valence-corrected chi connectivity index (χ4v) is 3.55. The second-order valence-electron chi connectivity index (χ2n) is 5.32. The molecular weight excluding hydrogens is 316 g/mol. The molecule has 2 aromatic carbocycles. The van der Waals surface area contributed by atoms with Gasteiger partial charge in [-0.1, -0.05) is 12.1 Å². The number of pyridine rings is 1. The first-order valence-electron chi connectivity index (χ1n) is 7.07. The first kappa shape index (κ1) is 14.1. The molecule has 0 aliphatic rings. The van der Waals surface area contributed by atoms with E-state index in [1.807, 2.05) is 17.5 Å². The van der Waals surface area contributed by atoms with Crippen LogP contribution in [-0.2, 0) is 6.54 Å². The van der Waals surface area contributed by atoms with Crippen LogP contribution in [0.1, 0.15) is 4.88 Å². The molecule has 4 rings (SSSR count). The lowest BCUT2D eigenvalue weighted by molar-refractivity contribution is 0.627. The van der Waals surface area contributed by atoms with Gasteiger partial charge in [-0.2, -0.15) is 0 Å². The van der Waals surface area contributed by atoms with Crippen molar-refractivity contribution in [1.82, 2.24) is 4.57 Å². The molecule has 23 heavy (non-hydrogen) atoms. The van der Waals surface area contributed by atoms with Crippen LogP contribution < -0.4 is 5.56 Å². The molecule has 2 aromatic heterocycles. The minimum Gasteiger partial charge on any atom is -0.302 e. The molecule has 0 atom stereocenters. The van der Waals surface area contributed by atoms with Crippen molar-refractivity contribution >= 4 is 33.0 Å². The van der Waals surface area contributed by atoms with Gasteiger partial charge in [0, 0.05) is 10.3 Å². The fraction of sp³-hybridized carbons (Fsp3) is 0.0556. The van der Waals surface area contributed by atoms with E-state index in [9.17, 15) is 13.6 Å². The molecule has 0 fully saturated rings. The summed E-state index contributed by atoms with van der Waals surface area (Å²) in [5.74, 6) is -0.864. The smallest absolute Gasteiger partial charge is 0.259 e. The Balaban J connectivity index is 2.14. The zero-order valence-electron chi connectivity index (χ0n) is 11.9. The number of thiophene rings is 1. The molecule has 2 nitrogen and oxygen atoms in total. The summed E-state index contributed by atoms with van der Waals surface area (Å²) in [6.45, 7) is 0.336. The summed E-state index contributed by atoms with van der Waals surface area (Å²) < 4.78 is 28.8. The molecule has 0 radical (unpaired) electrons. The lowest BCUT2D eigenvalue weighted by atomic mass is 10.1. The molecule has 0 aliphatic carbocycles. The zero-order valence-corrected chi connectivity index (χ0v) is 12.7. The second kappa shape index (κ2) is 5.28.